The Morgan fingerprint density at radius 3 is 2.24 bits per heavy atom. The smallest absolute Gasteiger partial charge is 0.227 e. The van der Waals surface area contributed by atoms with E-state index in [1.54, 1.807) is 0 Å². The highest BCUT2D eigenvalue weighted by Gasteiger charge is 2.44. The van der Waals surface area contributed by atoms with E-state index < -0.39 is 10.8 Å². The normalized spacial score (nSPS) is 17.8. The van der Waals surface area contributed by atoms with Crippen molar-refractivity contribution in [3.05, 3.63) is 0 Å². The predicted octanol–water partition coefficient (Wildman–Crippen LogP) is 2.05. The second-order valence-electron chi connectivity index (χ2n) is 11.9. The van der Waals surface area contributed by atoms with Gasteiger partial charge in [-0.15, -0.1) is 0 Å². The standard InChI is InChI=1S/C25H49N5O3/c1-10-20(29-15-11-13-21(29)31)17-25(4,23(33)27-19-28(5)6)18-24(2,3)22(32)26-14-12-16-30(7,8)9/h20H,10-19H2,1-9H3,(H-,26,27,32,33)/p+1. The van der Waals surface area contributed by atoms with Gasteiger partial charge in [-0.1, -0.05) is 27.7 Å². The molecule has 0 aromatic carbocycles. The summed E-state index contributed by atoms with van der Waals surface area (Å²) in [5, 5.41) is 6.12. The Balaban J connectivity index is 2.98. The largest absolute Gasteiger partial charge is 0.355 e. The molecule has 2 N–H and O–H groups in total. The van der Waals surface area contributed by atoms with E-state index >= 15 is 0 Å². The first kappa shape index (κ1) is 29.4. The summed E-state index contributed by atoms with van der Waals surface area (Å²) in [7, 11) is 10.2. The molecular weight excluding hydrogens is 418 g/mol. The minimum atomic E-state index is -0.775. The van der Waals surface area contributed by atoms with Crippen LogP contribution in [0.1, 0.15) is 66.2 Å². The molecule has 1 saturated heterocycles. The molecule has 3 amide bonds. The van der Waals surface area contributed by atoms with Crippen molar-refractivity contribution < 1.29 is 18.9 Å². The monoisotopic (exact) mass is 468 g/mol. The highest BCUT2D eigenvalue weighted by atomic mass is 16.2. The number of quaternary nitrogens is 1. The molecule has 8 nitrogen and oxygen atoms in total. The van der Waals surface area contributed by atoms with E-state index in [2.05, 4.69) is 38.7 Å². The lowest BCUT2D eigenvalue weighted by Crippen LogP contribution is -2.51. The quantitative estimate of drug-likeness (QED) is 0.232. The molecule has 192 valence electrons. The molecule has 1 aliphatic rings. The molecule has 0 bridgehead atoms. The SMILES string of the molecule is CCC(CC(C)(CC(C)(C)C(=O)NCCC[N+](C)(C)C)C(=O)NCN(C)C)N1CCCC1=O. The molecular formula is C25H50N5O3+. The van der Waals surface area contributed by atoms with Gasteiger partial charge in [0, 0.05) is 42.8 Å². The number of nitrogens with one attached hydrogen (secondary N) is 2. The maximum atomic E-state index is 13.4. The summed E-state index contributed by atoms with van der Waals surface area (Å²) in [4.78, 5) is 42.8. The Kier molecular flexibility index (Phi) is 10.8. The van der Waals surface area contributed by atoms with Crippen molar-refractivity contribution in [2.24, 2.45) is 10.8 Å². The molecule has 2 atom stereocenters. The zero-order valence-corrected chi connectivity index (χ0v) is 22.7. The van der Waals surface area contributed by atoms with Gasteiger partial charge in [0.25, 0.3) is 0 Å². The Labute approximate surface area is 202 Å². The van der Waals surface area contributed by atoms with Crippen molar-refractivity contribution in [1.29, 1.82) is 0 Å². The van der Waals surface area contributed by atoms with Gasteiger partial charge in [0.05, 0.1) is 34.4 Å². The molecule has 1 rings (SSSR count). The van der Waals surface area contributed by atoms with Crippen LogP contribution in [-0.4, -0.2) is 99.6 Å². The van der Waals surface area contributed by atoms with Gasteiger partial charge < -0.3 is 20.0 Å². The molecule has 0 saturated carbocycles. The predicted molar refractivity (Wildman–Crippen MR) is 133 cm³/mol. The van der Waals surface area contributed by atoms with E-state index in [4.69, 9.17) is 0 Å². The summed E-state index contributed by atoms with van der Waals surface area (Å²) in [6, 6.07) is -0.00137. The second kappa shape index (κ2) is 12.2. The van der Waals surface area contributed by atoms with E-state index in [1.807, 2.05) is 44.7 Å². The first-order valence-corrected chi connectivity index (χ1v) is 12.4. The minimum absolute atomic E-state index is 0.00137. The van der Waals surface area contributed by atoms with Gasteiger partial charge in [0.15, 0.2) is 0 Å². The van der Waals surface area contributed by atoms with Crippen molar-refractivity contribution in [1.82, 2.24) is 20.4 Å². The first-order valence-electron chi connectivity index (χ1n) is 12.4. The molecule has 2 unspecified atom stereocenters. The van der Waals surface area contributed by atoms with Crippen molar-refractivity contribution in [3.8, 4) is 0 Å². The molecule has 1 fully saturated rings. The summed E-state index contributed by atoms with van der Waals surface area (Å²) < 4.78 is 0.858. The molecule has 0 radical (unpaired) electrons. The van der Waals surface area contributed by atoms with Crippen LogP contribution in [0.2, 0.25) is 0 Å². The van der Waals surface area contributed by atoms with Crippen molar-refractivity contribution in [3.63, 3.8) is 0 Å². The molecule has 1 heterocycles. The van der Waals surface area contributed by atoms with Crippen LogP contribution in [0.3, 0.4) is 0 Å². The van der Waals surface area contributed by atoms with E-state index in [0.29, 0.717) is 32.5 Å². The molecule has 33 heavy (non-hydrogen) atoms. The molecule has 0 aromatic heterocycles. The van der Waals surface area contributed by atoms with E-state index in [0.717, 1.165) is 36.8 Å². The van der Waals surface area contributed by atoms with Crippen LogP contribution >= 0.6 is 0 Å². The summed E-state index contributed by atoms with van der Waals surface area (Å²) in [5.41, 5.74) is -1.49. The maximum Gasteiger partial charge on any atom is 0.227 e. The topological polar surface area (TPSA) is 81.8 Å². The van der Waals surface area contributed by atoms with Crippen molar-refractivity contribution in [2.75, 3.05) is 61.5 Å². The fraction of sp³-hybridized carbons (Fsp3) is 0.880. The van der Waals surface area contributed by atoms with Crippen LogP contribution in [0.15, 0.2) is 0 Å². The average molecular weight is 469 g/mol. The zero-order valence-electron chi connectivity index (χ0n) is 22.7. The number of hydrogen-bond acceptors (Lipinski definition) is 4. The van der Waals surface area contributed by atoms with Crippen LogP contribution in [0.4, 0.5) is 0 Å². The molecule has 0 spiro atoms. The van der Waals surface area contributed by atoms with E-state index in [1.165, 1.54) is 0 Å². The first-order chi connectivity index (χ1) is 15.1. The number of likely N-dealkylation sites (tertiary alicyclic amines) is 1. The lowest BCUT2D eigenvalue weighted by Gasteiger charge is -2.40. The van der Waals surface area contributed by atoms with Gasteiger partial charge >= 0.3 is 0 Å². The second-order valence-corrected chi connectivity index (χ2v) is 11.9. The minimum Gasteiger partial charge on any atom is -0.355 e. The van der Waals surface area contributed by atoms with Gasteiger partial charge in [-0.05, 0) is 39.8 Å². The number of amides is 3. The fourth-order valence-corrected chi connectivity index (χ4v) is 4.79. The zero-order chi connectivity index (χ0) is 25.4. The maximum absolute atomic E-state index is 13.4. The van der Waals surface area contributed by atoms with Gasteiger partial charge in [-0.2, -0.15) is 0 Å². The highest BCUT2D eigenvalue weighted by Crippen LogP contribution is 2.40. The van der Waals surface area contributed by atoms with Crippen LogP contribution in [-0.2, 0) is 14.4 Å². The molecule has 0 aromatic rings. The summed E-state index contributed by atoms with van der Waals surface area (Å²) in [6.07, 6.45) is 4.12. The fourth-order valence-electron chi connectivity index (χ4n) is 4.79. The van der Waals surface area contributed by atoms with E-state index in [-0.39, 0.29) is 23.8 Å². The van der Waals surface area contributed by atoms with Crippen molar-refractivity contribution in [2.45, 2.75) is 72.3 Å². The molecule has 0 aliphatic carbocycles. The molecule has 8 heteroatoms. The van der Waals surface area contributed by atoms with Gasteiger partial charge in [-0.3, -0.25) is 19.3 Å². The van der Waals surface area contributed by atoms with Crippen LogP contribution in [0, 0.1) is 10.8 Å². The van der Waals surface area contributed by atoms with Crippen LogP contribution in [0.5, 0.6) is 0 Å². The van der Waals surface area contributed by atoms with Crippen LogP contribution < -0.4 is 10.6 Å². The lowest BCUT2D eigenvalue weighted by atomic mass is 9.69. The number of nitrogens with zero attached hydrogens (tertiary/aromatic N) is 3. The Hall–Kier alpha value is -1.67. The number of hydrogen-bond donors (Lipinski definition) is 2. The third kappa shape index (κ3) is 9.61. The van der Waals surface area contributed by atoms with Gasteiger partial charge in [-0.25, -0.2) is 0 Å². The summed E-state index contributed by atoms with van der Waals surface area (Å²) in [5.74, 6) is 0.0835. The Morgan fingerprint density at radius 1 is 1.12 bits per heavy atom. The van der Waals surface area contributed by atoms with Gasteiger partial charge in [0.2, 0.25) is 17.7 Å². The number of carbonyl (C=O) groups excluding carboxylic acids is 3. The summed E-state index contributed by atoms with van der Waals surface area (Å²) in [6.45, 7) is 10.7. The highest BCUT2D eigenvalue weighted by molar-refractivity contribution is 5.86. The number of carbonyl (C=O) groups is 3. The average Bonchev–Trinajstić information content (AvgIpc) is 3.11. The third-order valence-corrected chi connectivity index (χ3v) is 6.55. The number of rotatable bonds is 14. The lowest BCUT2D eigenvalue weighted by molar-refractivity contribution is -0.870. The summed E-state index contributed by atoms with van der Waals surface area (Å²) >= 11 is 0. The van der Waals surface area contributed by atoms with Crippen LogP contribution in [0.25, 0.3) is 0 Å². The third-order valence-electron chi connectivity index (χ3n) is 6.55. The molecule has 1 aliphatic heterocycles. The van der Waals surface area contributed by atoms with Crippen molar-refractivity contribution >= 4 is 17.7 Å². The Morgan fingerprint density at radius 2 is 1.76 bits per heavy atom. The van der Waals surface area contributed by atoms with E-state index in [9.17, 15) is 14.4 Å². The Bertz CT molecular complexity index is 671. The van der Waals surface area contributed by atoms with Gasteiger partial charge in [0.1, 0.15) is 0 Å².